The summed E-state index contributed by atoms with van der Waals surface area (Å²) < 4.78 is 5.19. The Morgan fingerprint density at radius 3 is 1.94 bits per heavy atom. The zero-order chi connectivity index (χ0) is 12.3. The van der Waals surface area contributed by atoms with Crippen LogP contribution in [0.3, 0.4) is 0 Å². The van der Waals surface area contributed by atoms with Gasteiger partial charge in [-0.05, 0) is 35.7 Å². The maximum atomic E-state index is 8.24. The van der Waals surface area contributed by atoms with Crippen LogP contribution in [0.15, 0.2) is 10.2 Å². The Kier molecular flexibility index (Phi) is 8.07. The molecule has 90 valence electrons. The zero-order valence-corrected chi connectivity index (χ0v) is 9.83. The fourth-order valence-electron chi connectivity index (χ4n) is 1.69. The first-order valence-electron chi connectivity index (χ1n) is 5.25. The van der Waals surface area contributed by atoms with E-state index in [1.165, 1.54) is 0 Å². The molecule has 0 bridgehead atoms. The average Bonchev–Trinajstić information content (AvgIpc) is 2.29. The molecule has 0 rings (SSSR count). The van der Waals surface area contributed by atoms with Crippen LogP contribution in [0.4, 0.5) is 0 Å². The van der Waals surface area contributed by atoms with Crippen molar-refractivity contribution < 1.29 is 4.74 Å². The van der Waals surface area contributed by atoms with Gasteiger partial charge in [0.1, 0.15) is 0 Å². The van der Waals surface area contributed by atoms with Crippen molar-refractivity contribution >= 4 is 0 Å². The van der Waals surface area contributed by atoms with Gasteiger partial charge in [-0.2, -0.15) is 0 Å². The van der Waals surface area contributed by atoms with Crippen LogP contribution in [0.2, 0.25) is 0 Å². The van der Waals surface area contributed by atoms with Crippen LogP contribution in [0.5, 0.6) is 0 Å². The minimum atomic E-state index is -0.0584. The fourth-order valence-corrected chi connectivity index (χ4v) is 1.69. The summed E-state index contributed by atoms with van der Waals surface area (Å²) in [6.45, 7) is 3.55. The standard InChI is InChI=1S/C9H18N6O/c1-3-9(8-16-2,4-6-12-14-10)5-7-13-15-11/h3-8H2,1-2H3. The molecule has 0 N–H and O–H groups in total. The molecule has 0 aromatic heterocycles. The third-order valence-electron chi connectivity index (χ3n) is 2.81. The van der Waals surface area contributed by atoms with Gasteiger partial charge in [0.2, 0.25) is 0 Å². The number of methoxy groups -OCH3 is 1. The summed E-state index contributed by atoms with van der Waals surface area (Å²) in [6, 6.07) is 0. The van der Waals surface area contributed by atoms with E-state index in [-0.39, 0.29) is 5.41 Å². The summed E-state index contributed by atoms with van der Waals surface area (Å²) in [6.07, 6.45) is 2.41. The zero-order valence-electron chi connectivity index (χ0n) is 9.83. The Labute approximate surface area is 95.0 Å². The SMILES string of the molecule is CCC(CCN=[N+]=[N-])(CCN=[N+]=[N-])COC. The summed E-state index contributed by atoms with van der Waals surface area (Å²) in [5.41, 5.74) is 16.4. The molecule has 0 atom stereocenters. The van der Waals surface area contributed by atoms with Crippen molar-refractivity contribution in [1.29, 1.82) is 0 Å². The Balaban J connectivity index is 4.41. The van der Waals surface area contributed by atoms with Crippen LogP contribution in [0.1, 0.15) is 26.2 Å². The molecule has 0 saturated heterocycles. The molecule has 0 heterocycles. The minimum absolute atomic E-state index is 0.0584. The van der Waals surface area contributed by atoms with Gasteiger partial charge in [0.05, 0.1) is 6.61 Å². The third kappa shape index (κ3) is 5.46. The van der Waals surface area contributed by atoms with Gasteiger partial charge in [0.25, 0.3) is 0 Å². The van der Waals surface area contributed by atoms with E-state index < -0.39 is 0 Å². The van der Waals surface area contributed by atoms with Gasteiger partial charge in [0.15, 0.2) is 0 Å². The summed E-state index contributed by atoms with van der Waals surface area (Å²) in [5.74, 6) is 0. The molecule has 16 heavy (non-hydrogen) atoms. The summed E-state index contributed by atoms with van der Waals surface area (Å²) >= 11 is 0. The first-order chi connectivity index (χ1) is 7.74. The number of ether oxygens (including phenoxy) is 1. The maximum absolute atomic E-state index is 8.24. The van der Waals surface area contributed by atoms with E-state index in [1.807, 2.05) is 0 Å². The van der Waals surface area contributed by atoms with E-state index in [0.717, 1.165) is 19.3 Å². The van der Waals surface area contributed by atoms with E-state index in [0.29, 0.717) is 19.7 Å². The molecule has 7 heteroatoms. The van der Waals surface area contributed by atoms with Crippen molar-refractivity contribution in [2.24, 2.45) is 15.6 Å². The first kappa shape index (κ1) is 14.6. The molecule has 0 aromatic rings. The van der Waals surface area contributed by atoms with Gasteiger partial charge < -0.3 is 4.74 Å². The molecule has 0 aliphatic heterocycles. The Bertz CT molecular complexity index is 258. The summed E-state index contributed by atoms with van der Waals surface area (Å²) in [7, 11) is 1.64. The van der Waals surface area contributed by atoms with E-state index >= 15 is 0 Å². The summed E-state index contributed by atoms with van der Waals surface area (Å²) in [4.78, 5) is 5.46. The van der Waals surface area contributed by atoms with Crippen LogP contribution in [-0.4, -0.2) is 26.8 Å². The fraction of sp³-hybridized carbons (Fsp3) is 1.00. The van der Waals surface area contributed by atoms with Crippen molar-refractivity contribution in [2.75, 3.05) is 26.8 Å². The highest BCUT2D eigenvalue weighted by Gasteiger charge is 2.26. The van der Waals surface area contributed by atoms with Gasteiger partial charge in [-0.25, -0.2) is 0 Å². The molecule has 0 spiro atoms. The third-order valence-corrected chi connectivity index (χ3v) is 2.81. The maximum Gasteiger partial charge on any atom is 0.0518 e. The van der Waals surface area contributed by atoms with Crippen LogP contribution in [0.25, 0.3) is 20.9 Å². The molecule has 0 aliphatic rings. The van der Waals surface area contributed by atoms with Crippen molar-refractivity contribution in [2.45, 2.75) is 26.2 Å². The quantitative estimate of drug-likeness (QED) is 0.335. The summed E-state index contributed by atoms with van der Waals surface area (Å²) in [5, 5.41) is 7.07. The molecular formula is C9H18N6O. The molecular weight excluding hydrogens is 208 g/mol. The number of nitrogens with zero attached hydrogens (tertiary/aromatic N) is 6. The van der Waals surface area contributed by atoms with Crippen LogP contribution < -0.4 is 0 Å². The number of hydrogen-bond acceptors (Lipinski definition) is 3. The van der Waals surface area contributed by atoms with Gasteiger partial charge in [-0.3, -0.25) is 0 Å². The molecule has 0 amide bonds. The largest absolute Gasteiger partial charge is 0.384 e. The predicted molar refractivity (Wildman–Crippen MR) is 61.9 cm³/mol. The lowest BCUT2D eigenvalue weighted by atomic mass is 9.79. The number of rotatable bonds is 9. The van der Waals surface area contributed by atoms with Crippen molar-refractivity contribution in [1.82, 2.24) is 0 Å². The Hall–Kier alpha value is -1.42. The second-order valence-electron chi connectivity index (χ2n) is 3.70. The topological polar surface area (TPSA) is 107 Å². The predicted octanol–water partition coefficient (Wildman–Crippen LogP) is 3.43. The second-order valence-corrected chi connectivity index (χ2v) is 3.70. The Morgan fingerprint density at radius 2 is 1.62 bits per heavy atom. The molecule has 0 fully saturated rings. The van der Waals surface area contributed by atoms with Gasteiger partial charge in [-0.15, -0.1) is 0 Å². The highest BCUT2D eigenvalue weighted by atomic mass is 16.5. The number of hydrogen-bond donors (Lipinski definition) is 0. The average molecular weight is 226 g/mol. The van der Waals surface area contributed by atoms with Crippen LogP contribution in [-0.2, 0) is 4.74 Å². The van der Waals surface area contributed by atoms with E-state index in [4.69, 9.17) is 15.8 Å². The lowest BCUT2D eigenvalue weighted by Crippen LogP contribution is -2.27. The van der Waals surface area contributed by atoms with Gasteiger partial charge in [0, 0.05) is 30.0 Å². The lowest BCUT2D eigenvalue weighted by molar-refractivity contribution is 0.0652. The van der Waals surface area contributed by atoms with Crippen molar-refractivity contribution in [3.63, 3.8) is 0 Å². The van der Waals surface area contributed by atoms with Crippen LogP contribution >= 0.6 is 0 Å². The Morgan fingerprint density at radius 1 is 1.12 bits per heavy atom. The van der Waals surface area contributed by atoms with Crippen molar-refractivity contribution in [3.8, 4) is 0 Å². The second kappa shape index (κ2) is 8.85. The monoisotopic (exact) mass is 226 g/mol. The highest BCUT2D eigenvalue weighted by Crippen LogP contribution is 2.31. The van der Waals surface area contributed by atoms with E-state index in [2.05, 4.69) is 27.0 Å². The normalized spacial score (nSPS) is 13.4. The molecule has 0 unspecified atom stereocenters. The minimum Gasteiger partial charge on any atom is -0.384 e. The first-order valence-corrected chi connectivity index (χ1v) is 5.25. The molecule has 0 aromatic carbocycles. The van der Waals surface area contributed by atoms with E-state index in [1.54, 1.807) is 7.11 Å². The smallest absolute Gasteiger partial charge is 0.0518 e. The molecule has 0 aliphatic carbocycles. The number of azide groups is 2. The van der Waals surface area contributed by atoms with Gasteiger partial charge in [-0.1, -0.05) is 17.2 Å². The van der Waals surface area contributed by atoms with Gasteiger partial charge >= 0.3 is 0 Å². The highest BCUT2D eigenvalue weighted by molar-refractivity contribution is 4.80. The van der Waals surface area contributed by atoms with Crippen LogP contribution in [0, 0.1) is 5.41 Å². The van der Waals surface area contributed by atoms with E-state index in [9.17, 15) is 0 Å². The molecule has 0 radical (unpaired) electrons. The van der Waals surface area contributed by atoms with Crippen molar-refractivity contribution in [3.05, 3.63) is 20.9 Å². The molecule has 0 saturated carbocycles. The lowest BCUT2D eigenvalue weighted by Gasteiger charge is -2.31. The molecule has 7 nitrogen and oxygen atoms in total.